The summed E-state index contributed by atoms with van der Waals surface area (Å²) in [5.74, 6) is 2.40. The molecule has 3 aromatic rings. The van der Waals surface area contributed by atoms with Crippen molar-refractivity contribution in [3.8, 4) is 17.2 Å². The van der Waals surface area contributed by atoms with E-state index in [9.17, 15) is 4.79 Å². The summed E-state index contributed by atoms with van der Waals surface area (Å²) in [6.07, 6.45) is 3.82. The molecular weight excluding hydrogens is 380 g/mol. The number of methoxy groups -OCH3 is 1. The van der Waals surface area contributed by atoms with Gasteiger partial charge < -0.3 is 18.8 Å². The van der Waals surface area contributed by atoms with Crippen LogP contribution in [-0.2, 0) is 13.6 Å². The summed E-state index contributed by atoms with van der Waals surface area (Å²) in [5.41, 5.74) is 3.50. The Morgan fingerprint density at radius 1 is 1.20 bits per heavy atom. The fourth-order valence-electron chi connectivity index (χ4n) is 4.09. The number of ketones is 1. The Morgan fingerprint density at radius 2 is 2.03 bits per heavy atom. The first-order valence-electron chi connectivity index (χ1n) is 10.1. The Bertz CT molecular complexity index is 1210. The van der Waals surface area contributed by atoms with Gasteiger partial charge in [0.05, 0.1) is 18.2 Å². The van der Waals surface area contributed by atoms with Crippen molar-refractivity contribution in [1.29, 1.82) is 0 Å². The number of hydrogen-bond donors (Lipinski definition) is 0. The maximum atomic E-state index is 13.1. The molecule has 0 amide bonds. The van der Waals surface area contributed by atoms with E-state index in [0.29, 0.717) is 36.4 Å². The molecule has 0 unspecified atom stereocenters. The van der Waals surface area contributed by atoms with Crippen molar-refractivity contribution in [3.63, 3.8) is 0 Å². The smallest absolute Gasteiger partial charge is 0.231 e. The van der Waals surface area contributed by atoms with Crippen LogP contribution in [0.4, 0.5) is 0 Å². The molecule has 30 heavy (non-hydrogen) atoms. The summed E-state index contributed by atoms with van der Waals surface area (Å²) in [6.45, 7) is 5.49. The van der Waals surface area contributed by atoms with Gasteiger partial charge in [0.2, 0.25) is 5.78 Å². The molecule has 2 aliphatic rings. The highest BCUT2D eigenvalue weighted by molar-refractivity contribution is 6.15. The molecule has 0 N–H and O–H groups in total. The molecule has 1 aromatic heterocycles. The van der Waals surface area contributed by atoms with Crippen LogP contribution in [0.5, 0.6) is 17.2 Å². The molecule has 0 atom stereocenters. The van der Waals surface area contributed by atoms with Crippen LogP contribution >= 0.6 is 0 Å². The number of Topliss-reactive ketones (excluding diaryl/α,β-unsaturated/α-hetero) is 1. The van der Waals surface area contributed by atoms with Crippen LogP contribution in [0.15, 0.2) is 42.3 Å². The van der Waals surface area contributed by atoms with Crippen molar-refractivity contribution >= 4 is 22.8 Å². The van der Waals surface area contributed by atoms with Gasteiger partial charge in [0.1, 0.15) is 24.0 Å². The van der Waals surface area contributed by atoms with Crippen molar-refractivity contribution in [3.05, 3.63) is 59.0 Å². The molecule has 3 heterocycles. The lowest BCUT2D eigenvalue weighted by atomic mass is 10.0. The highest BCUT2D eigenvalue weighted by Gasteiger charge is 2.34. The van der Waals surface area contributed by atoms with Crippen molar-refractivity contribution < 1.29 is 19.0 Å². The summed E-state index contributed by atoms with van der Waals surface area (Å²) in [5, 5.41) is 1.01. The van der Waals surface area contributed by atoms with Gasteiger partial charge in [0.15, 0.2) is 5.76 Å². The number of carbonyl (C=O) groups is 1. The minimum atomic E-state index is -0.102. The van der Waals surface area contributed by atoms with Gasteiger partial charge in [-0.25, -0.2) is 0 Å². The predicted molar refractivity (Wildman–Crippen MR) is 115 cm³/mol. The zero-order valence-electron chi connectivity index (χ0n) is 17.6. The lowest BCUT2D eigenvalue weighted by Gasteiger charge is -2.32. The van der Waals surface area contributed by atoms with Crippen molar-refractivity contribution in [2.24, 2.45) is 7.05 Å². The minimum absolute atomic E-state index is 0.102. The number of hydrogen-bond acceptors (Lipinski definition) is 5. The van der Waals surface area contributed by atoms with Crippen LogP contribution in [0, 0.1) is 0 Å². The standard InChI is InChI=1S/C24H24N2O4/c1-14(2)26-12-19-21(29-13-26)8-6-17-23(27)22(30-24(17)19)9-15-11-25(3)20-7-5-16(28-4)10-18(15)20/h5-11,14H,12-13H2,1-4H3/b22-9+. The van der Waals surface area contributed by atoms with Gasteiger partial charge in [-0.2, -0.15) is 0 Å². The van der Waals surface area contributed by atoms with Gasteiger partial charge in [0, 0.05) is 42.3 Å². The quantitative estimate of drug-likeness (QED) is 0.607. The zero-order chi connectivity index (χ0) is 21.0. The molecule has 0 saturated carbocycles. The second-order valence-electron chi connectivity index (χ2n) is 8.05. The first-order chi connectivity index (χ1) is 14.5. The lowest BCUT2D eigenvalue weighted by molar-refractivity contribution is 0.0674. The third-order valence-electron chi connectivity index (χ3n) is 5.89. The molecule has 0 bridgehead atoms. The Morgan fingerprint density at radius 3 is 2.80 bits per heavy atom. The number of aromatic nitrogens is 1. The molecule has 0 radical (unpaired) electrons. The van der Waals surface area contributed by atoms with Crippen LogP contribution in [0.1, 0.15) is 35.3 Å². The number of allylic oxidation sites excluding steroid dienone is 1. The molecule has 0 spiro atoms. The number of nitrogens with zero attached hydrogens (tertiary/aromatic N) is 2. The van der Waals surface area contributed by atoms with E-state index < -0.39 is 0 Å². The average Bonchev–Trinajstić information content (AvgIpc) is 3.24. The summed E-state index contributed by atoms with van der Waals surface area (Å²) in [4.78, 5) is 15.3. The monoisotopic (exact) mass is 404 g/mol. The Labute approximate surface area is 175 Å². The molecule has 6 nitrogen and oxygen atoms in total. The molecule has 0 aliphatic carbocycles. The van der Waals surface area contributed by atoms with Gasteiger partial charge in [-0.3, -0.25) is 9.69 Å². The Balaban J connectivity index is 1.56. The Hall–Kier alpha value is -3.25. The summed E-state index contributed by atoms with van der Waals surface area (Å²) in [6, 6.07) is 9.93. The molecule has 2 aliphatic heterocycles. The fraction of sp³-hybridized carbons (Fsp3) is 0.292. The topological polar surface area (TPSA) is 52.9 Å². The number of ether oxygens (including phenoxy) is 3. The number of carbonyl (C=O) groups excluding carboxylic acids is 1. The van der Waals surface area contributed by atoms with Crippen LogP contribution in [0.3, 0.4) is 0 Å². The minimum Gasteiger partial charge on any atom is -0.497 e. The van der Waals surface area contributed by atoms with E-state index in [1.54, 1.807) is 13.2 Å². The second-order valence-corrected chi connectivity index (χ2v) is 8.05. The van der Waals surface area contributed by atoms with E-state index in [4.69, 9.17) is 14.2 Å². The fourth-order valence-corrected chi connectivity index (χ4v) is 4.09. The van der Waals surface area contributed by atoms with E-state index >= 15 is 0 Å². The number of rotatable bonds is 3. The zero-order valence-corrected chi connectivity index (χ0v) is 17.6. The summed E-state index contributed by atoms with van der Waals surface area (Å²) < 4.78 is 19.4. The lowest BCUT2D eigenvalue weighted by Crippen LogP contribution is -2.37. The summed E-state index contributed by atoms with van der Waals surface area (Å²) in [7, 11) is 3.63. The van der Waals surface area contributed by atoms with Gasteiger partial charge in [0.25, 0.3) is 0 Å². The predicted octanol–water partition coefficient (Wildman–Crippen LogP) is 4.36. The molecule has 2 aromatic carbocycles. The van der Waals surface area contributed by atoms with E-state index in [1.807, 2.05) is 48.2 Å². The number of benzene rings is 2. The molecule has 5 rings (SSSR count). The van der Waals surface area contributed by atoms with Gasteiger partial charge in [-0.15, -0.1) is 0 Å². The third-order valence-corrected chi connectivity index (χ3v) is 5.89. The van der Waals surface area contributed by atoms with Gasteiger partial charge >= 0.3 is 0 Å². The van der Waals surface area contributed by atoms with Crippen molar-refractivity contribution in [2.75, 3.05) is 13.8 Å². The maximum absolute atomic E-state index is 13.1. The largest absolute Gasteiger partial charge is 0.497 e. The Kier molecular flexibility index (Phi) is 4.33. The second kappa shape index (κ2) is 6.92. The van der Waals surface area contributed by atoms with Crippen LogP contribution in [0.2, 0.25) is 0 Å². The first kappa shape index (κ1) is 18.8. The van der Waals surface area contributed by atoms with Crippen LogP contribution in [0.25, 0.3) is 17.0 Å². The molecule has 0 saturated heterocycles. The van der Waals surface area contributed by atoms with Crippen LogP contribution in [-0.4, -0.2) is 35.1 Å². The normalized spacial score (nSPS) is 17.2. The summed E-state index contributed by atoms with van der Waals surface area (Å²) >= 11 is 0. The van der Waals surface area contributed by atoms with E-state index in [0.717, 1.165) is 33.5 Å². The molecule has 154 valence electrons. The highest BCUT2D eigenvalue weighted by Crippen LogP contribution is 2.42. The number of fused-ring (bicyclic) bond motifs is 4. The van der Waals surface area contributed by atoms with E-state index in [2.05, 4.69) is 18.7 Å². The average molecular weight is 404 g/mol. The van der Waals surface area contributed by atoms with Crippen molar-refractivity contribution in [1.82, 2.24) is 9.47 Å². The van der Waals surface area contributed by atoms with Crippen molar-refractivity contribution in [2.45, 2.75) is 26.4 Å². The van der Waals surface area contributed by atoms with E-state index in [1.165, 1.54) is 0 Å². The molecule has 6 heteroatoms. The molecular formula is C24H24N2O4. The van der Waals surface area contributed by atoms with Gasteiger partial charge in [-0.05, 0) is 50.3 Å². The van der Waals surface area contributed by atoms with E-state index in [-0.39, 0.29) is 5.78 Å². The first-order valence-corrected chi connectivity index (χ1v) is 10.1. The molecule has 0 fully saturated rings. The van der Waals surface area contributed by atoms with Gasteiger partial charge in [-0.1, -0.05) is 0 Å². The van der Waals surface area contributed by atoms with Crippen LogP contribution < -0.4 is 14.2 Å². The third kappa shape index (κ3) is 2.87. The number of aryl methyl sites for hydroxylation is 1. The highest BCUT2D eigenvalue weighted by atomic mass is 16.5. The maximum Gasteiger partial charge on any atom is 0.231 e. The SMILES string of the molecule is COc1ccc2c(c1)c(/C=C1/Oc3c(ccc4c3CN(C(C)C)CO4)C1=O)cn2C.